The topological polar surface area (TPSA) is 80.6 Å². The molecule has 7 nitrogen and oxygen atoms in total. The summed E-state index contributed by atoms with van der Waals surface area (Å²) in [5, 5.41) is 9.39. The minimum atomic E-state index is -4.83. The highest BCUT2D eigenvalue weighted by Crippen LogP contribution is 2.51. The quantitative estimate of drug-likeness (QED) is 0.173. The van der Waals surface area contributed by atoms with Crippen molar-refractivity contribution in [2.24, 2.45) is 4.76 Å². The molecule has 41 heavy (non-hydrogen) atoms. The lowest BCUT2D eigenvalue weighted by molar-refractivity contribution is -0.274. The van der Waals surface area contributed by atoms with Crippen LogP contribution in [0.3, 0.4) is 0 Å². The molecule has 0 bridgehead atoms. The molecule has 4 rings (SSSR count). The number of hydrogen-bond donors (Lipinski definition) is 1. The van der Waals surface area contributed by atoms with Gasteiger partial charge >= 0.3 is 14.1 Å². The number of ether oxygens (including phenoxy) is 1. The van der Waals surface area contributed by atoms with Crippen LogP contribution < -0.4 is 13.8 Å². The van der Waals surface area contributed by atoms with Crippen LogP contribution >= 0.6 is 7.75 Å². The van der Waals surface area contributed by atoms with Gasteiger partial charge in [0.15, 0.2) is 0 Å². The normalized spacial score (nSPS) is 16.7. The number of hydrogen-bond acceptors (Lipinski definition) is 5. The second-order valence-electron chi connectivity index (χ2n) is 9.17. The van der Waals surface area contributed by atoms with Crippen LogP contribution in [0.4, 0.5) is 13.2 Å². The summed E-state index contributed by atoms with van der Waals surface area (Å²) in [4.78, 5) is 1.78. The Balaban J connectivity index is 1.75. The maximum Gasteiger partial charge on any atom is 0.573 e. The van der Waals surface area contributed by atoms with E-state index in [2.05, 4.69) is 16.1 Å². The fraction of sp³-hybridized carbons (Fsp3) is 0.233. The van der Waals surface area contributed by atoms with Crippen LogP contribution in [0, 0.1) is 0 Å². The summed E-state index contributed by atoms with van der Waals surface area (Å²) < 4.78 is 73.2. The van der Waals surface area contributed by atoms with Crippen molar-refractivity contribution in [1.82, 2.24) is 4.90 Å². The Morgan fingerprint density at radius 2 is 1.59 bits per heavy atom. The van der Waals surface area contributed by atoms with Crippen molar-refractivity contribution in [1.29, 1.82) is 0 Å². The highest BCUT2D eigenvalue weighted by atomic mass is 31.2. The number of para-hydroxylation sites is 2. The molecule has 1 N–H and O–H groups in total. The van der Waals surface area contributed by atoms with Crippen molar-refractivity contribution in [2.75, 3.05) is 6.61 Å². The van der Waals surface area contributed by atoms with E-state index in [0.717, 1.165) is 5.57 Å². The Morgan fingerprint density at radius 3 is 2.15 bits per heavy atom. The molecule has 1 heterocycles. The van der Waals surface area contributed by atoms with E-state index >= 15 is 0 Å². The van der Waals surface area contributed by atoms with Crippen LogP contribution in [-0.2, 0) is 11.1 Å². The zero-order valence-electron chi connectivity index (χ0n) is 22.1. The van der Waals surface area contributed by atoms with Gasteiger partial charge < -0.3 is 23.8 Å². The summed E-state index contributed by atoms with van der Waals surface area (Å²) in [5.41, 5.74) is 1.43. The van der Waals surface area contributed by atoms with Gasteiger partial charge in [-0.15, -0.1) is 24.5 Å². The number of aliphatic hydroxyl groups excluding tert-OH is 1. The first-order chi connectivity index (χ1) is 19.7. The fourth-order valence-electron chi connectivity index (χ4n) is 4.30. The molecule has 0 spiro atoms. The van der Waals surface area contributed by atoms with Gasteiger partial charge in [0.25, 0.3) is 0 Å². The Bertz CT molecular complexity index is 1370. The van der Waals surface area contributed by atoms with Crippen LogP contribution in [0.25, 0.3) is 0 Å². The third kappa shape index (κ3) is 8.99. The van der Waals surface area contributed by atoms with Gasteiger partial charge in [-0.2, -0.15) is 0 Å². The van der Waals surface area contributed by atoms with Gasteiger partial charge in [0.2, 0.25) is 0 Å². The molecule has 0 saturated carbocycles. The molecule has 216 valence electrons. The molecule has 1 unspecified atom stereocenters. The van der Waals surface area contributed by atoms with Gasteiger partial charge in [-0.05, 0) is 54.8 Å². The van der Waals surface area contributed by atoms with Gasteiger partial charge in [-0.1, -0.05) is 66.3 Å². The second kappa shape index (κ2) is 13.6. The Hall–Kier alpha value is -4.01. The number of rotatable bonds is 12. The van der Waals surface area contributed by atoms with E-state index in [-0.39, 0.29) is 36.8 Å². The van der Waals surface area contributed by atoms with Crippen molar-refractivity contribution in [2.45, 2.75) is 38.2 Å². The number of benzene rings is 3. The Morgan fingerprint density at radius 1 is 0.976 bits per heavy atom. The number of halogens is 3. The average molecular weight is 587 g/mol. The van der Waals surface area contributed by atoms with Gasteiger partial charge in [0, 0.05) is 19.6 Å². The van der Waals surface area contributed by atoms with Crippen molar-refractivity contribution in [3.63, 3.8) is 0 Å². The standard InChI is InChI=1S/C30H30F3N2O5P/c1-2-25-19-23(12-10-18-36)21-29(35(25)22-24-11-9-17-28(20-24)38-30(31,32)33)34-41(37,39-26-13-5-3-6-14-26)40-27-15-7-4-8-16-27/h2-9,11,13-17,19-20,25,36H,1,10,12,18,21-22H2/b34-29-. The van der Waals surface area contributed by atoms with E-state index in [1.165, 1.54) is 18.2 Å². The summed E-state index contributed by atoms with van der Waals surface area (Å²) in [6, 6.07) is 22.2. The highest BCUT2D eigenvalue weighted by molar-refractivity contribution is 7.53. The summed E-state index contributed by atoms with van der Waals surface area (Å²) in [6.07, 6.45) is 0.109. The van der Waals surface area contributed by atoms with E-state index in [1.807, 2.05) is 6.08 Å². The van der Waals surface area contributed by atoms with E-state index in [0.29, 0.717) is 24.2 Å². The van der Waals surface area contributed by atoms with Crippen molar-refractivity contribution >= 4 is 13.6 Å². The van der Waals surface area contributed by atoms with Crippen LogP contribution in [0.2, 0.25) is 0 Å². The number of aliphatic hydroxyl groups is 1. The smallest absolute Gasteiger partial charge is 0.406 e. The summed E-state index contributed by atoms with van der Waals surface area (Å²) >= 11 is 0. The second-order valence-corrected chi connectivity index (χ2v) is 10.7. The molecular formula is C30H30F3N2O5P. The average Bonchev–Trinajstić information content (AvgIpc) is 2.93. The monoisotopic (exact) mass is 586 g/mol. The number of alkyl halides is 3. The molecule has 1 atom stereocenters. The van der Waals surface area contributed by atoms with E-state index < -0.39 is 20.2 Å². The lowest BCUT2D eigenvalue weighted by atomic mass is 9.96. The minimum Gasteiger partial charge on any atom is -0.406 e. The number of amidine groups is 1. The molecule has 0 radical (unpaired) electrons. The molecule has 1 aliphatic rings. The molecule has 0 aromatic heterocycles. The van der Waals surface area contributed by atoms with Gasteiger partial charge in [0.05, 0.1) is 6.04 Å². The maximum atomic E-state index is 14.3. The lowest BCUT2D eigenvalue weighted by Crippen LogP contribution is -2.41. The van der Waals surface area contributed by atoms with Crippen molar-refractivity contribution in [3.05, 3.63) is 115 Å². The highest BCUT2D eigenvalue weighted by Gasteiger charge is 2.34. The number of nitrogens with zero attached hydrogens (tertiary/aromatic N) is 2. The van der Waals surface area contributed by atoms with Crippen molar-refractivity contribution in [3.8, 4) is 17.2 Å². The zero-order valence-corrected chi connectivity index (χ0v) is 23.0. The maximum absolute atomic E-state index is 14.3. The molecular weight excluding hydrogens is 556 g/mol. The molecule has 11 heteroatoms. The molecule has 3 aromatic carbocycles. The third-order valence-corrected chi connectivity index (χ3v) is 7.39. The lowest BCUT2D eigenvalue weighted by Gasteiger charge is -2.36. The van der Waals surface area contributed by atoms with Crippen LogP contribution in [-0.4, -0.2) is 34.9 Å². The predicted octanol–water partition coefficient (Wildman–Crippen LogP) is 7.71. The van der Waals surface area contributed by atoms with Crippen LogP contribution in [0.1, 0.15) is 24.8 Å². The van der Waals surface area contributed by atoms with Gasteiger partial charge in [-0.3, -0.25) is 0 Å². The Labute approximate surface area is 236 Å². The van der Waals surface area contributed by atoms with E-state index in [9.17, 15) is 22.8 Å². The Kier molecular flexibility index (Phi) is 9.91. The fourth-order valence-corrected chi connectivity index (χ4v) is 5.66. The van der Waals surface area contributed by atoms with Gasteiger partial charge in [0.1, 0.15) is 23.1 Å². The SMILES string of the molecule is C=CC1C=C(CCCO)C/C(=N/P(=O)(Oc2ccccc2)Oc2ccccc2)N1Cc1cccc(OC(F)(F)F)c1. The first-order valence-electron chi connectivity index (χ1n) is 12.9. The molecule has 0 fully saturated rings. The summed E-state index contributed by atoms with van der Waals surface area (Å²) in [5.74, 6) is 0.548. The summed E-state index contributed by atoms with van der Waals surface area (Å²) in [6.45, 7) is 4.02. The third-order valence-electron chi connectivity index (χ3n) is 6.03. The molecule has 0 aliphatic carbocycles. The first-order valence-corrected chi connectivity index (χ1v) is 14.4. The molecule has 0 saturated heterocycles. The van der Waals surface area contributed by atoms with Crippen molar-refractivity contribution < 1.29 is 36.6 Å². The van der Waals surface area contributed by atoms with Crippen LogP contribution in [0.15, 0.2) is 114 Å². The van der Waals surface area contributed by atoms with Crippen LogP contribution in [0.5, 0.6) is 17.2 Å². The van der Waals surface area contributed by atoms with Gasteiger partial charge in [-0.25, -0.2) is 4.57 Å². The zero-order chi connectivity index (χ0) is 29.3. The largest absolute Gasteiger partial charge is 0.573 e. The molecule has 3 aromatic rings. The minimum absolute atomic E-state index is 0.00892. The summed E-state index contributed by atoms with van der Waals surface area (Å²) in [7, 11) is -4.24. The molecule has 0 amide bonds. The predicted molar refractivity (Wildman–Crippen MR) is 151 cm³/mol. The molecule has 1 aliphatic heterocycles. The van der Waals surface area contributed by atoms with E-state index in [4.69, 9.17) is 9.05 Å². The first kappa shape index (κ1) is 30.0. The van der Waals surface area contributed by atoms with E-state index in [1.54, 1.807) is 77.7 Å².